The van der Waals surface area contributed by atoms with Crippen molar-refractivity contribution in [2.24, 2.45) is 5.73 Å². The highest BCUT2D eigenvalue weighted by molar-refractivity contribution is 5.43. The van der Waals surface area contributed by atoms with E-state index < -0.39 is 5.82 Å². The maximum atomic E-state index is 12.9. The second kappa shape index (κ2) is 4.72. The van der Waals surface area contributed by atoms with Crippen LogP contribution in [0.4, 0.5) is 4.39 Å². The first-order valence-electron chi connectivity index (χ1n) is 5.74. The van der Waals surface area contributed by atoms with Gasteiger partial charge in [-0.15, -0.1) is 0 Å². The number of benzene rings is 1. The van der Waals surface area contributed by atoms with Crippen LogP contribution in [0.3, 0.4) is 0 Å². The van der Waals surface area contributed by atoms with Crippen LogP contribution in [0.5, 0.6) is 5.75 Å². The number of nitrogens with two attached hydrogens (primary N) is 1. The Bertz CT molecular complexity index is 447. The van der Waals surface area contributed by atoms with Crippen LogP contribution in [-0.4, -0.2) is 12.1 Å². The summed E-state index contributed by atoms with van der Waals surface area (Å²) in [6.45, 7) is 0.382. The molecule has 3 nitrogen and oxygen atoms in total. The summed E-state index contributed by atoms with van der Waals surface area (Å²) >= 11 is 0. The van der Waals surface area contributed by atoms with E-state index in [0.717, 1.165) is 25.7 Å². The maximum Gasteiger partial charge on any atom is 0.137 e. The summed E-state index contributed by atoms with van der Waals surface area (Å²) in [6.07, 6.45) is 4.12. The highest BCUT2D eigenvalue weighted by Crippen LogP contribution is 2.28. The lowest BCUT2D eigenvalue weighted by Crippen LogP contribution is -2.42. The first kappa shape index (κ1) is 11.9. The number of nitrogens with zero attached hydrogens (tertiary/aromatic N) is 1. The Labute approximate surface area is 100.0 Å². The third-order valence-corrected chi connectivity index (χ3v) is 3.18. The van der Waals surface area contributed by atoms with Gasteiger partial charge >= 0.3 is 0 Å². The van der Waals surface area contributed by atoms with Crippen LogP contribution >= 0.6 is 0 Å². The highest BCUT2D eigenvalue weighted by atomic mass is 19.1. The zero-order chi connectivity index (χ0) is 12.3. The van der Waals surface area contributed by atoms with Gasteiger partial charge in [0.1, 0.15) is 24.2 Å². The molecule has 17 heavy (non-hydrogen) atoms. The lowest BCUT2D eigenvalue weighted by atomic mass is 10.0. The Kier molecular flexibility index (Phi) is 3.30. The standard InChI is InChI=1S/C13H15FN2O/c14-11-3-4-12(10(7-11)8-15)17-9-13(16)5-1-2-6-13/h3-4,7H,1-2,5-6,9,16H2. The zero-order valence-corrected chi connectivity index (χ0v) is 9.58. The van der Waals surface area contributed by atoms with Crippen molar-refractivity contribution in [3.8, 4) is 11.8 Å². The molecule has 0 aliphatic heterocycles. The molecule has 0 bridgehead atoms. The van der Waals surface area contributed by atoms with E-state index in [0.29, 0.717) is 12.4 Å². The molecule has 0 saturated heterocycles. The van der Waals surface area contributed by atoms with Gasteiger partial charge in [-0.1, -0.05) is 12.8 Å². The minimum Gasteiger partial charge on any atom is -0.490 e. The van der Waals surface area contributed by atoms with Gasteiger partial charge in [0, 0.05) is 0 Å². The molecular weight excluding hydrogens is 219 g/mol. The molecular formula is C13H15FN2O. The Morgan fingerprint density at radius 3 is 2.76 bits per heavy atom. The molecule has 2 N–H and O–H groups in total. The van der Waals surface area contributed by atoms with Crippen LogP contribution in [-0.2, 0) is 0 Å². The van der Waals surface area contributed by atoms with Gasteiger partial charge in [-0.25, -0.2) is 4.39 Å². The molecule has 0 aromatic heterocycles. The average Bonchev–Trinajstić information content (AvgIpc) is 2.75. The van der Waals surface area contributed by atoms with Gasteiger partial charge in [0.2, 0.25) is 0 Å². The van der Waals surface area contributed by atoms with Crippen molar-refractivity contribution >= 4 is 0 Å². The van der Waals surface area contributed by atoms with E-state index in [9.17, 15) is 4.39 Å². The molecule has 0 radical (unpaired) electrons. The van der Waals surface area contributed by atoms with Crippen molar-refractivity contribution in [2.75, 3.05) is 6.61 Å². The van der Waals surface area contributed by atoms with Crippen LogP contribution < -0.4 is 10.5 Å². The summed E-state index contributed by atoms with van der Waals surface area (Å²) in [5.74, 6) is -0.0251. The number of halogens is 1. The molecule has 2 rings (SSSR count). The molecule has 1 fully saturated rings. The first-order chi connectivity index (χ1) is 8.13. The van der Waals surface area contributed by atoms with Gasteiger partial charge in [-0.3, -0.25) is 0 Å². The SMILES string of the molecule is N#Cc1cc(F)ccc1OCC1(N)CCCC1. The lowest BCUT2D eigenvalue weighted by molar-refractivity contribution is 0.220. The van der Waals surface area contributed by atoms with Gasteiger partial charge < -0.3 is 10.5 Å². The molecule has 1 saturated carbocycles. The summed E-state index contributed by atoms with van der Waals surface area (Å²) in [6, 6.07) is 5.86. The third kappa shape index (κ3) is 2.75. The van der Waals surface area contributed by atoms with E-state index in [1.54, 1.807) is 0 Å². The fourth-order valence-electron chi connectivity index (χ4n) is 2.16. The minimum atomic E-state index is -0.433. The van der Waals surface area contributed by atoms with E-state index in [1.165, 1.54) is 18.2 Å². The minimum absolute atomic E-state index is 0.214. The quantitative estimate of drug-likeness (QED) is 0.873. The van der Waals surface area contributed by atoms with Crippen molar-refractivity contribution in [3.05, 3.63) is 29.6 Å². The van der Waals surface area contributed by atoms with Crippen LogP contribution in [0.25, 0.3) is 0 Å². The summed E-state index contributed by atoms with van der Waals surface area (Å²) in [5.41, 5.74) is 6.07. The molecule has 0 heterocycles. The smallest absolute Gasteiger partial charge is 0.137 e. The predicted molar refractivity (Wildman–Crippen MR) is 62.0 cm³/mol. The molecule has 4 heteroatoms. The van der Waals surface area contributed by atoms with E-state index in [4.69, 9.17) is 15.7 Å². The molecule has 0 unspecified atom stereocenters. The van der Waals surface area contributed by atoms with Gasteiger partial charge in [-0.05, 0) is 31.0 Å². The normalized spacial score (nSPS) is 17.7. The molecule has 1 aliphatic rings. The number of ether oxygens (including phenoxy) is 1. The predicted octanol–water partition coefficient (Wildman–Crippen LogP) is 2.35. The van der Waals surface area contributed by atoms with E-state index in [-0.39, 0.29) is 11.1 Å². The molecule has 1 aromatic carbocycles. The molecule has 0 spiro atoms. The topological polar surface area (TPSA) is 59.0 Å². The lowest BCUT2D eigenvalue weighted by Gasteiger charge is -2.23. The average molecular weight is 234 g/mol. The van der Waals surface area contributed by atoms with Gasteiger partial charge in [-0.2, -0.15) is 5.26 Å². The Morgan fingerprint density at radius 1 is 1.41 bits per heavy atom. The summed E-state index contributed by atoms with van der Waals surface area (Å²) in [5, 5.41) is 8.87. The van der Waals surface area contributed by atoms with E-state index in [2.05, 4.69) is 0 Å². The van der Waals surface area contributed by atoms with E-state index in [1.807, 2.05) is 6.07 Å². The number of hydrogen-bond acceptors (Lipinski definition) is 3. The second-order valence-corrected chi connectivity index (χ2v) is 4.61. The molecule has 0 atom stereocenters. The number of nitriles is 1. The largest absolute Gasteiger partial charge is 0.490 e. The van der Waals surface area contributed by atoms with Crippen LogP contribution in [0.1, 0.15) is 31.2 Å². The number of rotatable bonds is 3. The van der Waals surface area contributed by atoms with Crippen molar-refractivity contribution in [1.82, 2.24) is 0 Å². The molecule has 1 aliphatic carbocycles. The Balaban J connectivity index is 2.06. The van der Waals surface area contributed by atoms with Crippen LogP contribution in [0, 0.1) is 17.1 Å². The van der Waals surface area contributed by atoms with Crippen LogP contribution in [0.2, 0.25) is 0 Å². The van der Waals surface area contributed by atoms with Crippen molar-refractivity contribution < 1.29 is 9.13 Å². The van der Waals surface area contributed by atoms with Crippen LogP contribution in [0.15, 0.2) is 18.2 Å². The fourth-order valence-corrected chi connectivity index (χ4v) is 2.16. The Hall–Kier alpha value is -1.60. The van der Waals surface area contributed by atoms with E-state index >= 15 is 0 Å². The first-order valence-corrected chi connectivity index (χ1v) is 5.74. The molecule has 90 valence electrons. The second-order valence-electron chi connectivity index (χ2n) is 4.61. The zero-order valence-electron chi connectivity index (χ0n) is 9.58. The van der Waals surface area contributed by atoms with Gasteiger partial charge in [0.05, 0.1) is 11.1 Å². The Morgan fingerprint density at radius 2 is 2.12 bits per heavy atom. The molecule has 1 aromatic rings. The van der Waals surface area contributed by atoms with Gasteiger partial charge in [0.15, 0.2) is 0 Å². The summed E-state index contributed by atoms with van der Waals surface area (Å²) < 4.78 is 18.5. The fraction of sp³-hybridized carbons (Fsp3) is 0.462. The van der Waals surface area contributed by atoms with Crippen molar-refractivity contribution in [2.45, 2.75) is 31.2 Å². The highest BCUT2D eigenvalue weighted by Gasteiger charge is 2.30. The molecule has 0 amide bonds. The van der Waals surface area contributed by atoms with Crippen molar-refractivity contribution in [3.63, 3.8) is 0 Å². The van der Waals surface area contributed by atoms with Crippen molar-refractivity contribution in [1.29, 1.82) is 5.26 Å². The monoisotopic (exact) mass is 234 g/mol. The van der Waals surface area contributed by atoms with Gasteiger partial charge in [0.25, 0.3) is 0 Å². The number of hydrogen-bond donors (Lipinski definition) is 1. The maximum absolute atomic E-state index is 12.9. The summed E-state index contributed by atoms with van der Waals surface area (Å²) in [7, 11) is 0. The summed E-state index contributed by atoms with van der Waals surface area (Å²) in [4.78, 5) is 0. The third-order valence-electron chi connectivity index (χ3n) is 3.18.